The molecule has 0 aliphatic heterocycles. The molecule has 0 aliphatic carbocycles. The lowest BCUT2D eigenvalue weighted by Crippen LogP contribution is -2.14. The summed E-state index contributed by atoms with van der Waals surface area (Å²) in [5.41, 5.74) is 1.68. The molecule has 2 N–H and O–H groups in total. The number of nitrogens with one attached hydrogen (secondary N) is 2. The lowest BCUT2D eigenvalue weighted by molar-refractivity contribution is -0.116. The standard InChI is InChI=1S/C17H14FN3O2/c18-13-3-1-2-12(10-13)11-17(23)21-15-6-4-14(5-7-15)20-16(22)8-9-19/h1-7,10H,8,11H2,(H,20,22)(H,21,23). The first-order valence-corrected chi connectivity index (χ1v) is 6.88. The van der Waals surface area contributed by atoms with Gasteiger partial charge in [0, 0.05) is 11.4 Å². The van der Waals surface area contributed by atoms with E-state index in [4.69, 9.17) is 5.26 Å². The molecule has 2 rings (SSSR count). The molecule has 2 aromatic rings. The summed E-state index contributed by atoms with van der Waals surface area (Å²) in [6.45, 7) is 0. The lowest BCUT2D eigenvalue weighted by atomic mass is 10.1. The van der Waals surface area contributed by atoms with Gasteiger partial charge in [-0.15, -0.1) is 0 Å². The summed E-state index contributed by atoms with van der Waals surface area (Å²) in [4.78, 5) is 23.2. The first-order chi connectivity index (χ1) is 11.1. The Kier molecular flexibility index (Phi) is 5.42. The minimum Gasteiger partial charge on any atom is -0.326 e. The Morgan fingerprint density at radius 1 is 1.00 bits per heavy atom. The highest BCUT2D eigenvalue weighted by Gasteiger charge is 2.06. The topological polar surface area (TPSA) is 82.0 Å². The van der Waals surface area contributed by atoms with Gasteiger partial charge in [0.1, 0.15) is 12.2 Å². The van der Waals surface area contributed by atoms with Crippen LogP contribution in [0.3, 0.4) is 0 Å². The number of nitrogens with zero attached hydrogens (tertiary/aromatic N) is 1. The first-order valence-electron chi connectivity index (χ1n) is 6.88. The summed E-state index contributed by atoms with van der Waals surface area (Å²) in [6, 6.07) is 14.1. The van der Waals surface area contributed by atoms with Crippen LogP contribution in [0.2, 0.25) is 0 Å². The zero-order valence-corrected chi connectivity index (χ0v) is 12.2. The second-order valence-corrected chi connectivity index (χ2v) is 4.82. The average molecular weight is 311 g/mol. The highest BCUT2D eigenvalue weighted by Crippen LogP contribution is 2.14. The van der Waals surface area contributed by atoms with E-state index in [9.17, 15) is 14.0 Å². The second-order valence-electron chi connectivity index (χ2n) is 4.82. The maximum absolute atomic E-state index is 13.1. The number of hydrogen-bond donors (Lipinski definition) is 2. The SMILES string of the molecule is N#CCC(=O)Nc1ccc(NC(=O)Cc2cccc(F)c2)cc1. The Bertz CT molecular complexity index is 751. The average Bonchev–Trinajstić information content (AvgIpc) is 2.49. The molecule has 0 saturated carbocycles. The van der Waals surface area contributed by atoms with Crippen molar-refractivity contribution in [2.45, 2.75) is 12.8 Å². The Balaban J connectivity index is 1.91. The van der Waals surface area contributed by atoms with Crippen molar-refractivity contribution in [3.63, 3.8) is 0 Å². The van der Waals surface area contributed by atoms with E-state index < -0.39 is 5.91 Å². The molecule has 0 radical (unpaired) electrons. The third-order valence-electron chi connectivity index (χ3n) is 2.95. The molecule has 0 aliphatic rings. The molecule has 6 heteroatoms. The highest BCUT2D eigenvalue weighted by atomic mass is 19.1. The summed E-state index contributed by atoms with van der Waals surface area (Å²) in [5, 5.41) is 13.7. The summed E-state index contributed by atoms with van der Waals surface area (Å²) < 4.78 is 13.1. The maximum atomic E-state index is 13.1. The molecule has 0 saturated heterocycles. The van der Waals surface area contributed by atoms with E-state index in [2.05, 4.69) is 10.6 Å². The lowest BCUT2D eigenvalue weighted by Gasteiger charge is -2.07. The van der Waals surface area contributed by atoms with Gasteiger partial charge < -0.3 is 10.6 Å². The van der Waals surface area contributed by atoms with Gasteiger partial charge in [0.15, 0.2) is 0 Å². The number of carbonyl (C=O) groups excluding carboxylic acids is 2. The Hall–Kier alpha value is -3.20. The monoisotopic (exact) mass is 311 g/mol. The summed E-state index contributed by atoms with van der Waals surface area (Å²) in [5.74, 6) is -1.04. The van der Waals surface area contributed by atoms with Crippen molar-refractivity contribution in [2.24, 2.45) is 0 Å². The molecular formula is C17H14FN3O2. The van der Waals surface area contributed by atoms with Crippen LogP contribution in [-0.2, 0) is 16.0 Å². The van der Waals surface area contributed by atoms with Crippen LogP contribution in [0.15, 0.2) is 48.5 Å². The predicted octanol–water partition coefficient (Wildman–Crippen LogP) is 2.86. The zero-order chi connectivity index (χ0) is 16.7. The molecule has 2 aromatic carbocycles. The van der Waals surface area contributed by atoms with Crippen LogP contribution in [-0.4, -0.2) is 11.8 Å². The zero-order valence-electron chi connectivity index (χ0n) is 12.2. The molecule has 0 heterocycles. The summed E-state index contributed by atoms with van der Waals surface area (Å²) >= 11 is 0. The van der Waals surface area contributed by atoms with E-state index in [1.807, 2.05) is 0 Å². The van der Waals surface area contributed by atoms with Gasteiger partial charge in [0.2, 0.25) is 11.8 Å². The van der Waals surface area contributed by atoms with Crippen LogP contribution in [0.1, 0.15) is 12.0 Å². The molecule has 2 amide bonds. The van der Waals surface area contributed by atoms with Gasteiger partial charge in [-0.05, 0) is 42.0 Å². The second kappa shape index (κ2) is 7.71. The fraction of sp³-hybridized carbons (Fsp3) is 0.118. The van der Waals surface area contributed by atoms with Gasteiger partial charge in [-0.3, -0.25) is 9.59 Å². The smallest absolute Gasteiger partial charge is 0.238 e. The number of carbonyl (C=O) groups is 2. The number of amides is 2. The van der Waals surface area contributed by atoms with Gasteiger partial charge in [0.25, 0.3) is 0 Å². The highest BCUT2D eigenvalue weighted by molar-refractivity contribution is 5.94. The van der Waals surface area contributed by atoms with Crippen molar-refractivity contribution in [3.8, 4) is 6.07 Å². The fourth-order valence-electron chi connectivity index (χ4n) is 1.95. The van der Waals surface area contributed by atoms with Crippen molar-refractivity contribution in [1.29, 1.82) is 5.26 Å². The van der Waals surface area contributed by atoms with Crippen molar-refractivity contribution in [2.75, 3.05) is 10.6 Å². The number of halogens is 1. The van der Waals surface area contributed by atoms with Crippen LogP contribution in [0.4, 0.5) is 15.8 Å². The Labute approximate surface area is 132 Å². The van der Waals surface area contributed by atoms with Crippen LogP contribution in [0.25, 0.3) is 0 Å². The van der Waals surface area contributed by atoms with Crippen molar-refractivity contribution in [3.05, 3.63) is 59.9 Å². The molecule has 0 fully saturated rings. The van der Waals surface area contributed by atoms with E-state index in [1.54, 1.807) is 42.5 Å². The van der Waals surface area contributed by atoms with Crippen LogP contribution in [0, 0.1) is 17.1 Å². The van der Waals surface area contributed by atoms with Crippen LogP contribution < -0.4 is 10.6 Å². The third-order valence-corrected chi connectivity index (χ3v) is 2.95. The van der Waals surface area contributed by atoms with E-state index in [-0.39, 0.29) is 24.6 Å². The largest absolute Gasteiger partial charge is 0.326 e. The Morgan fingerprint density at radius 3 is 2.17 bits per heavy atom. The first kappa shape index (κ1) is 16.2. The van der Waals surface area contributed by atoms with Crippen molar-refractivity contribution < 1.29 is 14.0 Å². The molecule has 0 spiro atoms. The van der Waals surface area contributed by atoms with Gasteiger partial charge in [0.05, 0.1) is 12.5 Å². The quantitative estimate of drug-likeness (QED) is 0.890. The number of anilines is 2. The van der Waals surface area contributed by atoms with Crippen LogP contribution >= 0.6 is 0 Å². The van der Waals surface area contributed by atoms with Crippen LogP contribution in [0.5, 0.6) is 0 Å². The molecule has 116 valence electrons. The number of hydrogen-bond acceptors (Lipinski definition) is 3. The molecule has 0 atom stereocenters. The van der Waals surface area contributed by atoms with Gasteiger partial charge in [-0.1, -0.05) is 12.1 Å². The van der Waals surface area contributed by atoms with Gasteiger partial charge in [-0.2, -0.15) is 5.26 Å². The molecule has 23 heavy (non-hydrogen) atoms. The summed E-state index contributed by atoms with van der Waals surface area (Å²) in [7, 11) is 0. The normalized spacial score (nSPS) is 9.74. The molecule has 5 nitrogen and oxygen atoms in total. The minimum atomic E-state index is -0.393. The minimum absolute atomic E-state index is 0.0679. The van der Waals surface area contributed by atoms with Gasteiger partial charge in [-0.25, -0.2) is 4.39 Å². The molecule has 0 aromatic heterocycles. The number of rotatable bonds is 5. The molecule has 0 bridgehead atoms. The fourth-order valence-corrected chi connectivity index (χ4v) is 1.95. The third kappa shape index (κ3) is 5.25. The van der Waals surface area contributed by atoms with Crippen molar-refractivity contribution in [1.82, 2.24) is 0 Å². The maximum Gasteiger partial charge on any atom is 0.238 e. The Morgan fingerprint density at radius 2 is 1.61 bits per heavy atom. The summed E-state index contributed by atoms with van der Waals surface area (Å²) in [6.07, 6.45) is -0.148. The molecular weight excluding hydrogens is 297 g/mol. The molecule has 0 unspecified atom stereocenters. The number of nitriles is 1. The van der Waals surface area contributed by atoms with Crippen molar-refractivity contribution >= 4 is 23.2 Å². The van der Waals surface area contributed by atoms with E-state index in [0.29, 0.717) is 16.9 Å². The van der Waals surface area contributed by atoms with Gasteiger partial charge >= 0.3 is 0 Å². The van der Waals surface area contributed by atoms with E-state index in [1.165, 1.54) is 12.1 Å². The predicted molar refractivity (Wildman–Crippen MR) is 84.0 cm³/mol. The number of benzene rings is 2. The van der Waals surface area contributed by atoms with E-state index in [0.717, 1.165) is 0 Å². The van der Waals surface area contributed by atoms with E-state index >= 15 is 0 Å².